The maximum atomic E-state index is 12.5. The smallest absolute Gasteiger partial charge is 0.323 e. The van der Waals surface area contributed by atoms with E-state index in [1.54, 1.807) is 23.1 Å². The summed E-state index contributed by atoms with van der Waals surface area (Å²) in [6.07, 6.45) is 1.86. The lowest BCUT2D eigenvalue weighted by Gasteiger charge is -2.24. The molecule has 0 spiro atoms. The molecule has 2 heterocycles. The van der Waals surface area contributed by atoms with Gasteiger partial charge in [0.1, 0.15) is 11.5 Å². The van der Waals surface area contributed by atoms with Gasteiger partial charge in [0, 0.05) is 18.5 Å². The molecule has 1 aliphatic heterocycles. The van der Waals surface area contributed by atoms with Gasteiger partial charge in [-0.2, -0.15) is 0 Å². The molecule has 2 N–H and O–H groups in total. The Hall–Kier alpha value is -2.50. The molecule has 1 aromatic heterocycles. The van der Waals surface area contributed by atoms with E-state index in [4.69, 9.17) is 4.52 Å². The fraction of sp³-hybridized carbons (Fsp3) is 0.412. The minimum absolute atomic E-state index is 0.0204. The summed E-state index contributed by atoms with van der Waals surface area (Å²) in [5, 5.41) is 16.1. The maximum Gasteiger partial charge on any atom is 0.323 e. The molecule has 0 bridgehead atoms. The van der Waals surface area contributed by atoms with Gasteiger partial charge in [-0.15, -0.1) is 0 Å². The normalized spacial score (nSPS) is 17.7. The number of hydrogen-bond donors (Lipinski definition) is 2. The minimum Gasteiger partial charge on any atom is -0.508 e. The highest BCUT2D eigenvalue weighted by Crippen LogP contribution is 2.33. The molecule has 0 radical (unpaired) electrons. The Morgan fingerprint density at radius 2 is 2.13 bits per heavy atom. The van der Waals surface area contributed by atoms with Gasteiger partial charge in [-0.3, -0.25) is 5.32 Å². The van der Waals surface area contributed by atoms with Gasteiger partial charge in [0.05, 0.1) is 6.04 Å². The van der Waals surface area contributed by atoms with E-state index in [2.05, 4.69) is 10.5 Å². The van der Waals surface area contributed by atoms with Gasteiger partial charge >= 0.3 is 6.03 Å². The Morgan fingerprint density at radius 1 is 1.39 bits per heavy atom. The summed E-state index contributed by atoms with van der Waals surface area (Å²) in [5.41, 5.74) is 1.03. The molecule has 1 atom stereocenters. The first kappa shape index (κ1) is 15.4. The number of urea groups is 1. The van der Waals surface area contributed by atoms with Gasteiger partial charge < -0.3 is 14.5 Å². The number of phenols is 1. The Balaban J connectivity index is 1.71. The van der Waals surface area contributed by atoms with Crippen molar-refractivity contribution in [3.63, 3.8) is 0 Å². The third kappa shape index (κ3) is 3.31. The lowest BCUT2D eigenvalue weighted by Crippen LogP contribution is -2.34. The monoisotopic (exact) mass is 315 g/mol. The molecule has 2 amide bonds. The van der Waals surface area contributed by atoms with Crippen molar-refractivity contribution in [2.24, 2.45) is 0 Å². The molecular formula is C17H21N3O3. The number of rotatable bonds is 3. The van der Waals surface area contributed by atoms with Crippen LogP contribution in [0.4, 0.5) is 10.6 Å². The zero-order valence-corrected chi connectivity index (χ0v) is 13.3. The van der Waals surface area contributed by atoms with Crippen LogP contribution in [0.25, 0.3) is 0 Å². The van der Waals surface area contributed by atoms with E-state index in [1.807, 2.05) is 26.0 Å². The summed E-state index contributed by atoms with van der Waals surface area (Å²) in [4.78, 5) is 14.3. The fourth-order valence-corrected chi connectivity index (χ4v) is 2.85. The van der Waals surface area contributed by atoms with Gasteiger partial charge in [-0.1, -0.05) is 31.1 Å². The summed E-state index contributed by atoms with van der Waals surface area (Å²) in [6.45, 7) is 4.72. The number of amides is 2. The van der Waals surface area contributed by atoms with Crippen LogP contribution in [0.5, 0.6) is 5.75 Å². The zero-order valence-electron chi connectivity index (χ0n) is 13.3. The molecule has 122 valence electrons. The standard InChI is InChI=1S/C17H21N3O3/c1-11(2)15-10-16(19-23-15)18-17(22)20-9-3-4-14(20)12-5-7-13(21)8-6-12/h5-8,10-11,14,21H,3-4,9H2,1-2H3,(H,18,19,22). The van der Waals surface area contributed by atoms with Crippen molar-refractivity contribution in [2.75, 3.05) is 11.9 Å². The average molecular weight is 315 g/mol. The van der Waals surface area contributed by atoms with Crippen LogP contribution in [0, 0.1) is 0 Å². The highest BCUT2D eigenvalue weighted by atomic mass is 16.5. The highest BCUT2D eigenvalue weighted by Gasteiger charge is 2.30. The van der Waals surface area contributed by atoms with Crippen LogP contribution < -0.4 is 5.32 Å². The van der Waals surface area contributed by atoms with E-state index >= 15 is 0 Å². The van der Waals surface area contributed by atoms with Crippen molar-refractivity contribution in [3.05, 3.63) is 41.7 Å². The summed E-state index contributed by atoms with van der Waals surface area (Å²) < 4.78 is 5.20. The molecule has 2 aromatic rings. The second kappa shape index (κ2) is 6.32. The summed E-state index contributed by atoms with van der Waals surface area (Å²) in [6, 6.07) is 8.62. The largest absolute Gasteiger partial charge is 0.508 e. The molecule has 1 unspecified atom stereocenters. The molecule has 6 nitrogen and oxygen atoms in total. The molecular weight excluding hydrogens is 294 g/mol. The van der Waals surface area contributed by atoms with Crippen molar-refractivity contribution in [1.82, 2.24) is 10.1 Å². The number of carbonyl (C=O) groups is 1. The number of benzene rings is 1. The molecule has 1 aliphatic rings. The van der Waals surface area contributed by atoms with Crippen molar-refractivity contribution >= 4 is 11.8 Å². The number of aromatic hydroxyl groups is 1. The number of hydrogen-bond acceptors (Lipinski definition) is 4. The summed E-state index contributed by atoms with van der Waals surface area (Å²) in [5.74, 6) is 1.64. The van der Waals surface area contributed by atoms with Crippen LogP contribution in [-0.2, 0) is 0 Å². The molecule has 1 fully saturated rings. The summed E-state index contributed by atoms with van der Waals surface area (Å²) in [7, 11) is 0. The first-order valence-electron chi connectivity index (χ1n) is 7.88. The van der Waals surface area contributed by atoms with Gasteiger partial charge in [-0.25, -0.2) is 4.79 Å². The van der Waals surface area contributed by atoms with Crippen LogP contribution >= 0.6 is 0 Å². The van der Waals surface area contributed by atoms with Gasteiger partial charge in [0.2, 0.25) is 0 Å². The van der Waals surface area contributed by atoms with Crippen molar-refractivity contribution in [1.29, 1.82) is 0 Å². The summed E-state index contributed by atoms with van der Waals surface area (Å²) >= 11 is 0. The third-order valence-electron chi connectivity index (χ3n) is 4.12. The lowest BCUT2D eigenvalue weighted by atomic mass is 10.0. The Kier molecular flexibility index (Phi) is 4.23. The number of carbonyl (C=O) groups excluding carboxylic acids is 1. The van der Waals surface area contributed by atoms with Crippen LogP contribution in [0.3, 0.4) is 0 Å². The lowest BCUT2D eigenvalue weighted by molar-refractivity contribution is 0.207. The predicted octanol–water partition coefficient (Wildman–Crippen LogP) is 3.87. The predicted molar refractivity (Wildman–Crippen MR) is 86.4 cm³/mol. The maximum absolute atomic E-state index is 12.5. The quantitative estimate of drug-likeness (QED) is 0.901. The van der Waals surface area contributed by atoms with Crippen LogP contribution in [-0.4, -0.2) is 27.7 Å². The van der Waals surface area contributed by atoms with E-state index in [0.717, 1.165) is 24.2 Å². The average Bonchev–Trinajstić information content (AvgIpc) is 3.16. The fourth-order valence-electron chi connectivity index (χ4n) is 2.85. The Morgan fingerprint density at radius 3 is 2.78 bits per heavy atom. The van der Waals surface area contributed by atoms with Crippen molar-refractivity contribution in [3.8, 4) is 5.75 Å². The topological polar surface area (TPSA) is 78.6 Å². The second-order valence-electron chi connectivity index (χ2n) is 6.14. The number of phenolic OH excluding ortho intramolecular Hbond substituents is 1. The number of anilines is 1. The van der Waals surface area contributed by atoms with Gasteiger partial charge in [0.15, 0.2) is 5.82 Å². The Bertz CT molecular complexity index is 679. The van der Waals surface area contributed by atoms with Gasteiger partial charge in [0.25, 0.3) is 0 Å². The second-order valence-corrected chi connectivity index (χ2v) is 6.14. The molecule has 0 aliphatic carbocycles. The number of nitrogens with one attached hydrogen (secondary N) is 1. The van der Waals surface area contributed by atoms with Crippen LogP contribution in [0.1, 0.15) is 50.0 Å². The van der Waals surface area contributed by atoms with E-state index in [-0.39, 0.29) is 23.7 Å². The first-order valence-corrected chi connectivity index (χ1v) is 7.88. The molecule has 3 rings (SSSR count). The van der Waals surface area contributed by atoms with E-state index in [1.165, 1.54) is 0 Å². The van der Waals surface area contributed by atoms with Crippen LogP contribution in [0.15, 0.2) is 34.9 Å². The number of likely N-dealkylation sites (tertiary alicyclic amines) is 1. The molecule has 23 heavy (non-hydrogen) atoms. The molecule has 6 heteroatoms. The van der Waals surface area contributed by atoms with Crippen molar-refractivity contribution in [2.45, 2.75) is 38.6 Å². The number of nitrogens with zero attached hydrogens (tertiary/aromatic N) is 2. The SMILES string of the molecule is CC(C)c1cc(NC(=O)N2CCCC2c2ccc(O)cc2)no1. The zero-order chi connectivity index (χ0) is 16.4. The highest BCUT2D eigenvalue weighted by molar-refractivity contribution is 5.88. The van der Waals surface area contributed by atoms with Crippen molar-refractivity contribution < 1.29 is 14.4 Å². The van der Waals surface area contributed by atoms with Crippen LogP contribution in [0.2, 0.25) is 0 Å². The molecule has 1 saturated heterocycles. The molecule has 1 aromatic carbocycles. The van der Waals surface area contributed by atoms with E-state index in [0.29, 0.717) is 12.4 Å². The minimum atomic E-state index is -0.177. The number of aromatic nitrogens is 1. The third-order valence-corrected chi connectivity index (χ3v) is 4.12. The van der Waals surface area contributed by atoms with Gasteiger partial charge in [-0.05, 0) is 30.5 Å². The first-order chi connectivity index (χ1) is 11.0. The molecule has 0 saturated carbocycles. The van der Waals surface area contributed by atoms with E-state index in [9.17, 15) is 9.90 Å². The Labute approximate surface area is 135 Å². The van der Waals surface area contributed by atoms with E-state index < -0.39 is 0 Å².